The van der Waals surface area contributed by atoms with Crippen molar-refractivity contribution >= 4 is 22.8 Å². The van der Waals surface area contributed by atoms with Crippen molar-refractivity contribution in [3.05, 3.63) is 61.7 Å². The zero-order valence-corrected chi connectivity index (χ0v) is 23.0. The Labute approximate surface area is 234 Å². The fraction of sp³-hybridized carbons (Fsp3) is 0.484. The first kappa shape index (κ1) is 25.1. The summed E-state index contributed by atoms with van der Waals surface area (Å²) in [7, 11) is 0. The van der Waals surface area contributed by atoms with Crippen LogP contribution in [0.4, 0.5) is 4.39 Å². The SMILES string of the molecule is CC[C@@]1(O)C(=O)OCc2c1cc1n(c2=O)Cc2c-1nc1cc(F)c(C)c3c1c2[C@@H](NC(=O)C12CC(C1)[C@@H](N)C2)CC3. The van der Waals surface area contributed by atoms with Gasteiger partial charge in [-0.1, -0.05) is 6.92 Å². The van der Waals surface area contributed by atoms with Crippen molar-refractivity contribution in [3.8, 4) is 11.4 Å². The number of hydrogen-bond donors (Lipinski definition) is 3. The largest absolute Gasteiger partial charge is 0.458 e. The van der Waals surface area contributed by atoms with Gasteiger partial charge >= 0.3 is 5.97 Å². The van der Waals surface area contributed by atoms with E-state index in [1.807, 2.05) is 0 Å². The van der Waals surface area contributed by atoms with E-state index in [2.05, 4.69) is 5.32 Å². The van der Waals surface area contributed by atoms with Crippen LogP contribution in [0.3, 0.4) is 0 Å². The molecule has 41 heavy (non-hydrogen) atoms. The zero-order chi connectivity index (χ0) is 28.6. The van der Waals surface area contributed by atoms with Gasteiger partial charge in [0.25, 0.3) is 5.56 Å². The Morgan fingerprint density at radius 3 is 2.73 bits per heavy atom. The third kappa shape index (κ3) is 3.07. The third-order valence-electron chi connectivity index (χ3n) is 10.7. The first-order valence-corrected chi connectivity index (χ1v) is 14.4. The fourth-order valence-electron chi connectivity index (χ4n) is 8.32. The number of benzene rings is 1. The molecule has 9 rings (SSSR count). The molecule has 3 fully saturated rings. The van der Waals surface area contributed by atoms with Crippen LogP contribution >= 0.6 is 0 Å². The van der Waals surface area contributed by atoms with Gasteiger partial charge in [0.05, 0.1) is 40.5 Å². The average Bonchev–Trinajstić information content (AvgIpc) is 3.58. The lowest BCUT2D eigenvalue weighted by Crippen LogP contribution is -2.46. The highest BCUT2D eigenvalue weighted by molar-refractivity contribution is 5.94. The molecule has 0 unspecified atom stereocenters. The highest BCUT2D eigenvalue weighted by Crippen LogP contribution is 2.58. The summed E-state index contributed by atoms with van der Waals surface area (Å²) in [6, 6.07) is 2.81. The number of nitrogens with one attached hydrogen (secondary N) is 1. The van der Waals surface area contributed by atoms with E-state index in [4.69, 9.17) is 15.5 Å². The summed E-state index contributed by atoms with van der Waals surface area (Å²) < 4.78 is 21.9. The summed E-state index contributed by atoms with van der Waals surface area (Å²) in [6.45, 7) is 3.43. The highest BCUT2D eigenvalue weighted by atomic mass is 19.1. The lowest BCUT2D eigenvalue weighted by molar-refractivity contribution is -0.172. The minimum atomic E-state index is -1.94. The maximum Gasteiger partial charge on any atom is 0.343 e. The summed E-state index contributed by atoms with van der Waals surface area (Å²) in [6.07, 6.45) is 3.54. The molecule has 2 aromatic heterocycles. The Balaban J connectivity index is 1.33. The van der Waals surface area contributed by atoms with E-state index in [1.54, 1.807) is 24.5 Å². The van der Waals surface area contributed by atoms with Gasteiger partial charge in [0, 0.05) is 28.6 Å². The molecule has 1 amide bonds. The van der Waals surface area contributed by atoms with Crippen molar-refractivity contribution in [1.29, 1.82) is 0 Å². The van der Waals surface area contributed by atoms with Gasteiger partial charge < -0.3 is 25.5 Å². The van der Waals surface area contributed by atoms with Crippen molar-refractivity contribution in [1.82, 2.24) is 14.9 Å². The molecule has 0 radical (unpaired) electrons. The molecular formula is C31H31FN4O5. The third-order valence-corrected chi connectivity index (χ3v) is 10.7. The number of cyclic esters (lactones) is 1. The van der Waals surface area contributed by atoms with Crippen LogP contribution in [-0.4, -0.2) is 32.6 Å². The number of amides is 1. The zero-order valence-electron chi connectivity index (χ0n) is 23.0. The fourth-order valence-corrected chi connectivity index (χ4v) is 8.32. The number of nitrogens with zero attached hydrogens (tertiary/aromatic N) is 2. The Hall–Kier alpha value is -3.63. The molecule has 0 saturated heterocycles. The summed E-state index contributed by atoms with van der Waals surface area (Å²) >= 11 is 0. The highest BCUT2D eigenvalue weighted by Gasteiger charge is 2.59. The second-order valence-electron chi connectivity index (χ2n) is 12.7. The first-order chi connectivity index (χ1) is 19.6. The minimum Gasteiger partial charge on any atom is -0.458 e. The van der Waals surface area contributed by atoms with Gasteiger partial charge in [-0.15, -0.1) is 0 Å². The second-order valence-corrected chi connectivity index (χ2v) is 12.7. The molecule has 0 spiro atoms. The number of hydrogen-bond acceptors (Lipinski definition) is 7. The molecule has 9 nitrogen and oxygen atoms in total. The van der Waals surface area contributed by atoms with E-state index in [1.165, 1.54) is 6.07 Å². The lowest BCUT2D eigenvalue weighted by Gasteiger charge is -2.39. The van der Waals surface area contributed by atoms with Gasteiger partial charge in [-0.05, 0) is 74.1 Å². The molecule has 3 saturated carbocycles. The predicted octanol–water partition coefficient (Wildman–Crippen LogP) is 2.76. The lowest BCUT2D eigenvalue weighted by atomic mass is 9.68. The van der Waals surface area contributed by atoms with Gasteiger partial charge in [-0.25, -0.2) is 14.2 Å². The van der Waals surface area contributed by atoms with Gasteiger partial charge in [0.2, 0.25) is 5.91 Å². The summed E-state index contributed by atoms with van der Waals surface area (Å²) in [4.78, 5) is 44.9. The number of halogens is 1. The number of aromatic nitrogens is 2. The maximum absolute atomic E-state index is 15.1. The van der Waals surface area contributed by atoms with Crippen LogP contribution in [0.15, 0.2) is 16.9 Å². The van der Waals surface area contributed by atoms with Crippen molar-refractivity contribution in [2.75, 3.05) is 0 Å². The number of pyridine rings is 2. The Morgan fingerprint density at radius 2 is 2.02 bits per heavy atom. The topological polar surface area (TPSA) is 137 Å². The van der Waals surface area contributed by atoms with Crippen LogP contribution in [0.5, 0.6) is 0 Å². The molecule has 3 atom stereocenters. The number of esters is 1. The van der Waals surface area contributed by atoms with E-state index in [0.717, 1.165) is 34.9 Å². The molecule has 4 aliphatic carbocycles. The van der Waals surface area contributed by atoms with Gasteiger partial charge in [0.15, 0.2) is 5.60 Å². The normalized spacial score (nSPS) is 30.4. The van der Waals surface area contributed by atoms with Crippen LogP contribution in [0, 0.1) is 24.1 Å². The summed E-state index contributed by atoms with van der Waals surface area (Å²) in [5.41, 5.74) is 8.55. The van der Waals surface area contributed by atoms with Gasteiger partial charge in [-0.2, -0.15) is 0 Å². The van der Waals surface area contributed by atoms with E-state index >= 15 is 4.39 Å². The first-order valence-electron chi connectivity index (χ1n) is 14.4. The van der Waals surface area contributed by atoms with Gasteiger partial charge in [-0.3, -0.25) is 9.59 Å². The van der Waals surface area contributed by atoms with Crippen LogP contribution in [0.2, 0.25) is 0 Å². The molecular weight excluding hydrogens is 527 g/mol. The molecule has 6 aliphatic rings. The second kappa shape index (κ2) is 8.01. The van der Waals surface area contributed by atoms with Crippen LogP contribution in [-0.2, 0) is 39.5 Å². The Kier molecular flexibility index (Phi) is 4.91. The molecule has 4 heterocycles. The average molecular weight is 559 g/mol. The molecule has 2 aliphatic heterocycles. The quantitative estimate of drug-likeness (QED) is 0.329. The number of carbonyl (C=O) groups excluding carboxylic acids is 2. The molecule has 10 heteroatoms. The monoisotopic (exact) mass is 558 g/mol. The number of aryl methyl sites for hydroxylation is 1. The standard InChI is InChI=1S/C31H31FN4O5/c1-3-31(40)18-6-23-26-16(11-36(23)27(37)17(18)12-41-29(31)39)25-21(35-28(38)30-8-14(9-30)20(33)10-30)5-4-15-13(2)19(32)7-22(34-26)24(15)25/h6-7,14,20-21,40H,3-5,8-12,33H2,1-2H3,(H,35,38)/t14?,20-,21-,30?,31-/m0/s1. The number of fused-ring (bicyclic) bond motifs is 6. The van der Waals surface area contributed by atoms with Crippen LogP contribution < -0.4 is 16.6 Å². The Morgan fingerprint density at radius 1 is 1.24 bits per heavy atom. The van der Waals surface area contributed by atoms with E-state index < -0.39 is 17.0 Å². The predicted molar refractivity (Wildman–Crippen MR) is 146 cm³/mol. The smallest absolute Gasteiger partial charge is 0.343 e. The minimum absolute atomic E-state index is 0.0134. The molecule has 3 aromatic rings. The van der Waals surface area contributed by atoms with Gasteiger partial charge in [0.1, 0.15) is 12.4 Å². The number of rotatable bonds is 3. The van der Waals surface area contributed by atoms with Crippen LogP contribution in [0.1, 0.15) is 78.5 Å². The van der Waals surface area contributed by atoms with Crippen molar-refractivity contribution < 1.29 is 23.8 Å². The molecule has 2 bridgehead atoms. The number of nitrogens with two attached hydrogens (primary N) is 1. The maximum atomic E-state index is 15.1. The van der Waals surface area contributed by atoms with Crippen LogP contribution in [0.25, 0.3) is 22.3 Å². The molecule has 212 valence electrons. The number of aliphatic hydroxyl groups is 1. The van der Waals surface area contributed by atoms with E-state index in [9.17, 15) is 19.5 Å². The number of ether oxygens (including phenoxy) is 1. The molecule has 4 N–H and O–H groups in total. The summed E-state index contributed by atoms with van der Waals surface area (Å²) in [5.74, 6) is -0.720. The van der Waals surface area contributed by atoms with E-state index in [-0.39, 0.29) is 60.1 Å². The summed E-state index contributed by atoms with van der Waals surface area (Å²) in [5, 5.41) is 15.4. The Bertz CT molecular complexity index is 1810. The van der Waals surface area contributed by atoms with Crippen molar-refractivity contribution in [2.24, 2.45) is 17.1 Å². The molecule has 1 aromatic carbocycles. The van der Waals surface area contributed by atoms with E-state index in [0.29, 0.717) is 47.6 Å². The number of carbonyl (C=O) groups is 2. The van der Waals surface area contributed by atoms with Crippen molar-refractivity contribution in [2.45, 2.75) is 83.2 Å². The van der Waals surface area contributed by atoms with Crippen molar-refractivity contribution in [3.63, 3.8) is 0 Å².